The number of nitrogens with two attached hydrogens (primary N) is 1. The van der Waals surface area contributed by atoms with Crippen molar-refractivity contribution < 1.29 is 9.13 Å². The van der Waals surface area contributed by atoms with Gasteiger partial charge in [0, 0.05) is 6.04 Å². The van der Waals surface area contributed by atoms with Crippen LogP contribution in [-0.2, 0) is 0 Å². The maximum atomic E-state index is 13.7. The van der Waals surface area contributed by atoms with E-state index in [0.29, 0.717) is 24.2 Å². The monoisotopic (exact) mass is 253 g/mol. The SMILES string of the molecule is CC(C)CC(C)COc1ccc(C(C)N)cc1F. The minimum Gasteiger partial charge on any atom is -0.490 e. The Morgan fingerprint density at radius 2 is 1.89 bits per heavy atom. The van der Waals surface area contributed by atoms with E-state index in [2.05, 4.69) is 20.8 Å². The molecular weight excluding hydrogens is 229 g/mol. The normalized spacial score (nSPS) is 14.6. The predicted molar refractivity (Wildman–Crippen MR) is 73.1 cm³/mol. The van der Waals surface area contributed by atoms with Crippen molar-refractivity contribution in [2.75, 3.05) is 6.61 Å². The number of hydrogen-bond donors (Lipinski definition) is 1. The Morgan fingerprint density at radius 1 is 1.22 bits per heavy atom. The zero-order valence-electron chi connectivity index (χ0n) is 11.7. The lowest BCUT2D eigenvalue weighted by molar-refractivity contribution is 0.230. The third-order valence-corrected chi connectivity index (χ3v) is 2.88. The van der Waals surface area contributed by atoms with Crippen molar-refractivity contribution >= 4 is 0 Å². The van der Waals surface area contributed by atoms with Gasteiger partial charge >= 0.3 is 0 Å². The fourth-order valence-electron chi connectivity index (χ4n) is 2.02. The topological polar surface area (TPSA) is 35.2 Å². The van der Waals surface area contributed by atoms with E-state index in [-0.39, 0.29) is 11.9 Å². The minimum absolute atomic E-state index is 0.159. The molecule has 0 saturated carbocycles. The van der Waals surface area contributed by atoms with Crippen molar-refractivity contribution in [1.82, 2.24) is 0 Å². The fraction of sp³-hybridized carbons (Fsp3) is 0.600. The molecule has 0 aliphatic carbocycles. The minimum atomic E-state index is -0.332. The molecule has 0 bridgehead atoms. The molecule has 3 heteroatoms. The molecule has 0 fully saturated rings. The lowest BCUT2D eigenvalue weighted by Crippen LogP contribution is -2.12. The van der Waals surface area contributed by atoms with E-state index in [4.69, 9.17) is 10.5 Å². The van der Waals surface area contributed by atoms with E-state index in [1.807, 2.05) is 13.0 Å². The highest BCUT2D eigenvalue weighted by Crippen LogP contribution is 2.22. The first kappa shape index (κ1) is 15.0. The summed E-state index contributed by atoms with van der Waals surface area (Å²) in [4.78, 5) is 0. The third kappa shape index (κ3) is 4.65. The van der Waals surface area contributed by atoms with Crippen molar-refractivity contribution in [3.63, 3.8) is 0 Å². The Bertz CT molecular complexity index is 377. The Balaban J connectivity index is 2.58. The van der Waals surface area contributed by atoms with Crippen LogP contribution in [0, 0.1) is 17.7 Å². The van der Waals surface area contributed by atoms with E-state index in [1.165, 1.54) is 6.07 Å². The molecule has 1 rings (SSSR count). The van der Waals surface area contributed by atoms with Gasteiger partial charge in [-0.05, 0) is 42.9 Å². The molecule has 0 aromatic heterocycles. The molecule has 2 atom stereocenters. The number of ether oxygens (including phenoxy) is 1. The maximum Gasteiger partial charge on any atom is 0.165 e. The molecule has 2 nitrogen and oxygen atoms in total. The molecule has 1 aromatic rings. The second-order valence-corrected chi connectivity index (χ2v) is 5.52. The highest BCUT2D eigenvalue weighted by atomic mass is 19.1. The molecule has 1 aromatic carbocycles. The first-order valence-corrected chi connectivity index (χ1v) is 6.58. The summed E-state index contributed by atoms with van der Waals surface area (Å²) in [5.74, 6) is 1.04. The van der Waals surface area contributed by atoms with Crippen LogP contribution in [0.25, 0.3) is 0 Å². The fourth-order valence-corrected chi connectivity index (χ4v) is 2.02. The van der Waals surface area contributed by atoms with Crippen LogP contribution in [-0.4, -0.2) is 6.61 Å². The molecule has 18 heavy (non-hydrogen) atoms. The van der Waals surface area contributed by atoms with Crippen LogP contribution >= 0.6 is 0 Å². The van der Waals surface area contributed by atoms with Crippen molar-refractivity contribution in [2.24, 2.45) is 17.6 Å². The average Bonchev–Trinajstić information content (AvgIpc) is 2.26. The highest BCUT2D eigenvalue weighted by molar-refractivity contribution is 5.30. The van der Waals surface area contributed by atoms with E-state index < -0.39 is 0 Å². The molecular formula is C15H24FNO. The smallest absolute Gasteiger partial charge is 0.165 e. The van der Waals surface area contributed by atoms with Crippen molar-refractivity contribution in [2.45, 2.75) is 40.2 Å². The van der Waals surface area contributed by atoms with Gasteiger partial charge in [0.05, 0.1) is 6.61 Å². The predicted octanol–water partition coefficient (Wildman–Crippen LogP) is 3.91. The quantitative estimate of drug-likeness (QED) is 0.834. The van der Waals surface area contributed by atoms with Gasteiger partial charge in [0.25, 0.3) is 0 Å². The summed E-state index contributed by atoms with van der Waals surface area (Å²) >= 11 is 0. The van der Waals surface area contributed by atoms with Crippen LogP contribution in [0.5, 0.6) is 5.75 Å². The number of benzene rings is 1. The number of hydrogen-bond acceptors (Lipinski definition) is 2. The van der Waals surface area contributed by atoms with Gasteiger partial charge in [-0.15, -0.1) is 0 Å². The standard InChI is InChI=1S/C15H24FNO/c1-10(2)7-11(3)9-18-15-6-5-13(12(4)17)8-14(15)16/h5-6,8,10-12H,7,9,17H2,1-4H3. The molecule has 2 N–H and O–H groups in total. The van der Waals surface area contributed by atoms with Crippen molar-refractivity contribution in [1.29, 1.82) is 0 Å². The molecule has 0 aliphatic rings. The van der Waals surface area contributed by atoms with E-state index in [9.17, 15) is 4.39 Å². The Kier molecular flexibility index (Phi) is 5.60. The lowest BCUT2D eigenvalue weighted by atomic mass is 10.00. The number of halogens is 1. The molecule has 0 aliphatic heterocycles. The van der Waals surface area contributed by atoms with Crippen molar-refractivity contribution in [3.05, 3.63) is 29.6 Å². The summed E-state index contributed by atoms with van der Waals surface area (Å²) in [6.07, 6.45) is 1.08. The van der Waals surface area contributed by atoms with Gasteiger partial charge in [-0.2, -0.15) is 0 Å². The first-order valence-electron chi connectivity index (χ1n) is 6.58. The first-order chi connectivity index (χ1) is 8.40. The number of rotatable bonds is 6. The molecule has 102 valence electrons. The second-order valence-electron chi connectivity index (χ2n) is 5.52. The van der Waals surface area contributed by atoms with E-state index in [1.54, 1.807) is 6.07 Å². The molecule has 0 spiro atoms. The van der Waals surface area contributed by atoms with Crippen LogP contribution in [0.2, 0.25) is 0 Å². The van der Waals surface area contributed by atoms with Crippen LogP contribution in [0.3, 0.4) is 0 Å². The van der Waals surface area contributed by atoms with Crippen LogP contribution < -0.4 is 10.5 Å². The van der Waals surface area contributed by atoms with Crippen LogP contribution in [0.15, 0.2) is 18.2 Å². The zero-order valence-corrected chi connectivity index (χ0v) is 11.7. The summed E-state index contributed by atoms with van der Waals surface area (Å²) in [6.45, 7) is 8.85. The molecule has 2 unspecified atom stereocenters. The van der Waals surface area contributed by atoms with Gasteiger partial charge in [-0.25, -0.2) is 4.39 Å². The van der Waals surface area contributed by atoms with Gasteiger partial charge in [0.1, 0.15) is 0 Å². The summed E-state index contributed by atoms with van der Waals surface area (Å²) in [7, 11) is 0. The van der Waals surface area contributed by atoms with Crippen molar-refractivity contribution in [3.8, 4) is 5.75 Å². The summed E-state index contributed by atoms with van der Waals surface area (Å²) in [5.41, 5.74) is 6.49. The Morgan fingerprint density at radius 3 is 2.39 bits per heavy atom. The second kappa shape index (κ2) is 6.74. The molecule has 0 amide bonds. The van der Waals surface area contributed by atoms with Gasteiger partial charge in [0.2, 0.25) is 0 Å². The molecule has 0 heterocycles. The Hall–Kier alpha value is -1.09. The zero-order chi connectivity index (χ0) is 13.7. The van der Waals surface area contributed by atoms with Gasteiger partial charge in [-0.1, -0.05) is 26.8 Å². The van der Waals surface area contributed by atoms with Gasteiger partial charge in [-0.3, -0.25) is 0 Å². The third-order valence-electron chi connectivity index (χ3n) is 2.88. The summed E-state index contributed by atoms with van der Waals surface area (Å²) in [5, 5.41) is 0. The largest absolute Gasteiger partial charge is 0.490 e. The van der Waals surface area contributed by atoms with Gasteiger partial charge in [0.15, 0.2) is 11.6 Å². The highest BCUT2D eigenvalue weighted by Gasteiger charge is 2.10. The lowest BCUT2D eigenvalue weighted by Gasteiger charge is -2.16. The van der Waals surface area contributed by atoms with E-state index in [0.717, 1.165) is 12.0 Å². The molecule has 0 saturated heterocycles. The van der Waals surface area contributed by atoms with E-state index >= 15 is 0 Å². The summed E-state index contributed by atoms with van der Waals surface area (Å²) < 4.78 is 19.3. The average molecular weight is 253 g/mol. The molecule has 0 radical (unpaired) electrons. The summed E-state index contributed by atoms with van der Waals surface area (Å²) in [6, 6.07) is 4.77. The Labute approximate surface area is 109 Å². The maximum absolute atomic E-state index is 13.7. The van der Waals surface area contributed by atoms with Gasteiger partial charge < -0.3 is 10.5 Å². The van der Waals surface area contributed by atoms with Crippen LogP contribution in [0.1, 0.15) is 45.7 Å². The van der Waals surface area contributed by atoms with Crippen LogP contribution in [0.4, 0.5) is 4.39 Å².